The highest BCUT2D eigenvalue weighted by Gasteiger charge is 2.22. The highest BCUT2D eigenvalue weighted by atomic mass is 32.2. The van der Waals surface area contributed by atoms with Gasteiger partial charge >= 0.3 is 0 Å². The molecule has 0 unspecified atom stereocenters. The number of sulfonamides is 1. The van der Waals surface area contributed by atoms with E-state index in [4.69, 9.17) is 4.52 Å². The van der Waals surface area contributed by atoms with Crippen LogP contribution in [0.5, 0.6) is 0 Å². The van der Waals surface area contributed by atoms with E-state index in [-0.39, 0.29) is 18.0 Å². The van der Waals surface area contributed by atoms with Gasteiger partial charge in [-0.15, -0.1) is 0 Å². The van der Waals surface area contributed by atoms with Crippen molar-refractivity contribution >= 4 is 15.9 Å². The molecule has 0 atom stereocenters. The second-order valence-corrected chi connectivity index (χ2v) is 7.56. The van der Waals surface area contributed by atoms with Gasteiger partial charge in [-0.2, -0.15) is 4.31 Å². The van der Waals surface area contributed by atoms with Gasteiger partial charge in [-0.1, -0.05) is 19.0 Å². The Balaban J connectivity index is 2.14. The maximum atomic E-state index is 12.5. The summed E-state index contributed by atoms with van der Waals surface area (Å²) in [6.07, 6.45) is 1.19. The summed E-state index contributed by atoms with van der Waals surface area (Å²) >= 11 is 0. The molecule has 2 aromatic rings. The van der Waals surface area contributed by atoms with Gasteiger partial charge < -0.3 is 14.4 Å². The second-order valence-electron chi connectivity index (χ2n) is 5.63. The Kier molecular flexibility index (Phi) is 6.32. The molecular weight excluding hydrogens is 360 g/mol. The predicted octanol–water partition coefficient (Wildman–Crippen LogP) is 0.492. The average Bonchev–Trinajstić information content (AvgIpc) is 3.01. The number of aromatic nitrogens is 2. The van der Waals surface area contributed by atoms with Crippen molar-refractivity contribution in [2.45, 2.75) is 38.8 Å². The molecule has 0 aliphatic rings. The van der Waals surface area contributed by atoms with E-state index in [1.165, 1.54) is 16.6 Å². The number of amides is 1. The lowest BCUT2D eigenvalue weighted by Crippen LogP contribution is -2.34. The summed E-state index contributed by atoms with van der Waals surface area (Å²) < 4.78 is 32.4. The number of carbonyl (C=O) groups is 1. The number of nitrogens with one attached hydrogen (secondary N) is 1. The van der Waals surface area contributed by atoms with E-state index in [0.717, 1.165) is 10.6 Å². The van der Waals surface area contributed by atoms with E-state index < -0.39 is 21.5 Å². The Morgan fingerprint density at radius 2 is 2.00 bits per heavy atom. The second kappa shape index (κ2) is 8.28. The van der Waals surface area contributed by atoms with Crippen molar-refractivity contribution in [2.75, 3.05) is 13.1 Å². The Labute approximate surface area is 151 Å². The molecule has 2 heterocycles. The highest BCUT2D eigenvalue weighted by Crippen LogP contribution is 2.13. The zero-order valence-corrected chi connectivity index (χ0v) is 15.7. The summed E-state index contributed by atoms with van der Waals surface area (Å²) in [7, 11) is -3.71. The molecule has 1 N–H and O–H groups in total. The minimum Gasteiger partial charge on any atom is -0.361 e. The quantitative estimate of drug-likeness (QED) is 0.711. The fourth-order valence-corrected chi connectivity index (χ4v) is 3.88. The molecule has 142 valence electrons. The number of pyridine rings is 1. The third-order valence-electron chi connectivity index (χ3n) is 3.76. The number of nitrogens with zero attached hydrogens (tertiary/aromatic N) is 3. The maximum absolute atomic E-state index is 12.5. The van der Waals surface area contributed by atoms with Crippen molar-refractivity contribution in [1.29, 1.82) is 0 Å². The Morgan fingerprint density at radius 1 is 1.31 bits per heavy atom. The summed E-state index contributed by atoms with van der Waals surface area (Å²) in [6, 6.07) is 4.08. The van der Waals surface area contributed by atoms with Crippen LogP contribution in [0.2, 0.25) is 0 Å². The van der Waals surface area contributed by atoms with E-state index in [2.05, 4.69) is 10.5 Å². The molecule has 0 saturated carbocycles. The zero-order valence-electron chi connectivity index (χ0n) is 14.9. The van der Waals surface area contributed by atoms with Gasteiger partial charge in [0.2, 0.25) is 15.9 Å². The van der Waals surface area contributed by atoms with Crippen molar-refractivity contribution in [2.24, 2.45) is 0 Å². The van der Waals surface area contributed by atoms with Crippen LogP contribution < -0.4 is 10.9 Å². The van der Waals surface area contributed by atoms with E-state index >= 15 is 0 Å². The van der Waals surface area contributed by atoms with Crippen LogP contribution in [0.3, 0.4) is 0 Å². The summed E-state index contributed by atoms with van der Waals surface area (Å²) in [5.41, 5.74) is 0.0944. The first kappa shape index (κ1) is 19.9. The first-order chi connectivity index (χ1) is 12.3. The van der Waals surface area contributed by atoms with Crippen molar-refractivity contribution < 1.29 is 17.7 Å². The van der Waals surface area contributed by atoms with Gasteiger partial charge in [-0.05, 0) is 13.0 Å². The monoisotopic (exact) mass is 382 g/mol. The smallest absolute Gasteiger partial charge is 0.251 e. The molecule has 0 spiro atoms. The van der Waals surface area contributed by atoms with Crippen LogP contribution in [0.4, 0.5) is 0 Å². The molecule has 26 heavy (non-hydrogen) atoms. The minimum absolute atomic E-state index is 0.0271. The molecule has 0 fully saturated rings. The Hall–Kier alpha value is -2.46. The van der Waals surface area contributed by atoms with Gasteiger partial charge in [0.1, 0.15) is 18.0 Å². The molecule has 0 aliphatic heterocycles. The van der Waals surface area contributed by atoms with Crippen LogP contribution in [0.1, 0.15) is 25.3 Å². The lowest BCUT2D eigenvalue weighted by molar-refractivity contribution is -0.121. The van der Waals surface area contributed by atoms with Gasteiger partial charge in [0.15, 0.2) is 0 Å². The third-order valence-corrected chi connectivity index (χ3v) is 5.79. The van der Waals surface area contributed by atoms with E-state index in [1.54, 1.807) is 26.8 Å². The molecule has 0 aliphatic carbocycles. The molecule has 10 heteroatoms. The van der Waals surface area contributed by atoms with Crippen molar-refractivity contribution in [1.82, 2.24) is 19.3 Å². The topological polar surface area (TPSA) is 115 Å². The summed E-state index contributed by atoms with van der Waals surface area (Å²) in [5, 5.41) is 6.36. The van der Waals surface area contributed by atoms with Crippen LogP contribution in [0.15, 0.2) is 38.6 Å². The molecule has 0 aromatic carbocycles. The largest absolute Gasteiger partial charge is 0.361 e. The van der Waals surface area contributed by atoms with Gasteiger partial charge in [0.05, 0.1) is 11.4 Å². The fraction of sp³-hybridized carbons (Fsp3) is 0.438. The maximum Gasteiger partial charge on any atom is 0.251 e. The molecule has 2 aromatic heterocycles. The van der Waals surface area contributed by atoms with Crippen LogP contribution >= 0.6 is 0 Å². The summed E-state index contributed by atoms with van der Waals surface area (Å²) in [5.74, 6) is 0.185. The van der Waals surface area contributed by atoms with Gasteiger partial charge in [-0.25, -0.2) is 8.42 Å². The number of aryl methyl sites for hydroxylation is 1. The Bertz CT molecular complexity index is 928. The lowest BCUT2D eigenvalue weighted by atomic mass is 10.3. The molecule has 0 saturated heterocycles. The van der Waals surface area contributed by atoms with Crippen LogP contribution in [0, 0.1) is 6.92 Å². The molecule has 0 radical (unpaired) electrons. The van der Waals surface area contributed by atoms with Gasteiger partial charge in [-0.3, -0.25) is 9.59 Å². The highest BCUT2D eigenvalue weighted by molar-refractivity contribution is 7.89. The first-order valence-electron chi connectivity index (χ1n) is 8.17. The van der Waals surface area contributed by atoms with Gasteiger partial charge in [0.25, 0.3) is 5.56 Å². The lowest BCUT2D eigenvalue weighted by Gasteiger charge is -2.19. The van der Waals surface area contributed by atoms with Gasteiger partial charge in [0, 0.05) is 31.4 Å². The fourth-order valence-electron chi connectivity index (χ4n) is 2.40. The summed E-state index contributed by atoms with van der Waals surface area (Å²) in [4.78, 5) is 24.0. The third kappa shape index (κ3) is 4.58. The molecular formula is C16H22N4O5S. The first-order valence-corrected chi connectivity index (χ1v) is 9.61. The van der Waals surface area contributed by atoms with E-state index in [1.807, 2.05) is 0 Å². The van der Waals surface area contributed by atoms with Crippen molar-refractivity contribution in [3.8, 4) is 0 Å². The predicted molar refractivity (Wildman–Crippen MR) is 93.9 cm³/mol. The summed E-state index contributed by atoms with van der Waals surface area (Å²) in [6.45, 7) is 5.69. The van der Waals surface area contributed by atoms with Crippen molar-refractivity contribution in [3.63, 3.8) is 0 Å². The molecule has 2 rings (SSSR count). The van der Waals surface area contributed by atoms with E-state index in [9.17, 15) is 18.0 Å². The normalized spacial score (nSPS) is 11.7. The minimum atomic E-state index is -3.71. The van der Waals surface area contributed by atoms with Crippen LogP contribution in [-0.4, -0.2) is 41.4 Å². The average molecular weight is 382 g/mol. The van der Waals surface area contributed by atoms with Crippen LogP contribution in [0.25, 0.3) is 0 Å². The zero-order chi connectivity index (χ0) is 19.3. The molecule has 0 bridgehead atoms. The number of carbonyl (C=O) groups excluding carboxylic acids is 1. The molecule has 1 amide bonds. The standard InChI is InChI=1S/C16H22N4O5S/c1-4-20(5-2)26(23,24)14-6-7-16(22)19(10-14)11-15(21)17-9-13-8-12(3)25-18-13/h6-8,10H,4-5,9,11H2,1-3H3,(H,17,21). The van der Waals surface area contributed by atoms with E-state index in [0.29, 0.717) is 24.5 Å². The van der Waals surface area contributed by atoms with Crippen LogP contribution in [-0.2, 0) is 27.9 Å². The number of rotatable bonds is 8. The SMILES string of the molecule is CCN(CC)S(=O)(=O)c1ccc(=O)n(CC(=O)NCc2cc(C)on2)c1. The van der Waals surface area contributed by atoms with Crippen molar-refractivity contribution in [3.05, 3.63) is 46.2 Å². The Morgan fingerprint density at radius 3 is 2.58 bits per heavy atom. The number of hydrogen-bond acceptors (Lipinski definition) is 6. The molecule has 9 nitrogen and oxygen atoms in total. The number of hydrogen-bond donors (Lipinski definition) is 1.